The molecule has 1 amide bonds. The number of carbonyl (C=O) groups is 3. The Labute approximate surface area is 159 Å². The number of benzene rings is 1. The van der Waals surface area contributed by atoms with E-state index in [0.717, 1.165) is 5.56 Å². The number of likely N-dealkylation sites (tertiary alicyclic amines) is 1. The van der Waals surface area contributed by atoms with Gasteiger partial charge in [0.05, 0.1) is 13.0 Å². The largest absolute Gasteiger partial charge is 0.469 e. The molecule has 1 aliphatic heterocycles. The van der Waals surface area contributed by atoms with Crippen LogP contribution in [-0.2, 0) is 30.4 Å². The Morgan fingerprint density at radius 2 is 1.74 bits per heavy atom. The van der Waals surface area contributed by atoms with Crippen LogP contribution in [0.1, 0.15) is 39.2 Å². The number of nitrogens with zero attached hydrogens (tertiary/aromatic N) is 1. The standard InChI is InChI=1S/C20H27NO6/c1-20(2,3)27-18(23)16-11-10-15(17(22)25-4)12-21(16)19(24)26-13-14-8-6-5-7-9-14/h5-9,15-16H,10-13H2,1-4H3/t15-,16-/m0/s1. The Hall–Kier alpha value is -2.57. The molecule has 0 saturated carbocycles. The quantitative estimate of drug-likeness (QED) is 0.593. The zero-order valence-electron chi connectivity index (χ0n) is 16.3. The lowest BCUT2D eigenvalue weighted by Crippen LogP contribution is -2.53. The first-order chi connectivity index (χ1) is 12.7. The molecule has 27 heavy (non-hydrogen) atoms. The summed E-state index contributed by atoms with van der Waals surface area (Å²) in [6, 6.07) is 8.46. The molecular weight excluding hydrogens is 350 g/mol. The first-order valence-electron chi connectivity index (χ1n) is 8.99. The normalized spacial score (nSPS) is 19.9. The monoisotopic (exact) mass is 377 g/mol. The molecule has 7 heteroatoms. The van der Waals surface area contributed by atoms with Crippen molar-refractivity contribution in [2.45, 2.75) is 51.9 Å². The molecule has 0 aliphatic carbocycles. The Morgan fingerprint density at radius 3 is 2.33 bits per heavy atom. The predicted molar refractivity (Wildman–Crippen MR) is 97.7 cm³/mol. The fourth-order valence-corrected chi connectivity index (χ4v) is 2.95. The van der Waals surface area contributed by atoms with Crippen molar-refractivity contribution in [2.24, 2.45) is 5.92 Å². The van der Waals surface area contributed by atoms with Crippen molar-refractivity contribution < 1.29 is 28.6 Å². The van der Waals surface area contributed by atoms with Crippen LogP contribution in [0.5, 0.6) is 0 Å². The molecule has 1 heterocycles. The molecule has 0 unspecified atom stereocenters. The summed E-state index contributed by atoms with van der Waals surface area (Å²) in [7, 11) is 1.31. The van der Waals surface area contributed by atoms with Gasteiger partial charge in [0.15, 0.2) is 0 Å². The average Bonchev–Trinajstić information content (AvgIpc) is 2.64. The highest BCUT2D eigenvalue weighted by Gasteiger charge is 2.41. The van der Waals surface area contributed by atoms with E-state index < -0.39 is 35.6 Å². The van der Waals surface area contributed by atoms with Crippen molar-refractivity contribution in [3.8, 4) is 0 Å². The topological polar surface area (TPSA) is 82.1 Å². The summed E-state index contributed by atoms with van der Waals surface area (Å²) in [5, 5.41) is 0. The van der Waals surface area contributed by atoms with E-state index in [0.29, 0.717) is 12.8 Å². The Bertz CT molecular complexity index is 667. The number of rotatable bonds is 4. The van der Waals surface area contributed by atoms with Crippen molar-refractivity contribution in [3.05, 3.63) is 35.9 Å². The molecule has 2 rings (SSSR count). The van der Waals surface area contributed by atoms with Gasteiger partial charge in [0.2, 0.25) is 0 Å². The molecular formula is C20H27NO6. The van der Waals surface area contributed by atoms with E-state index in [1.807, 2.05) is 30.3 Å². The van der Waals surface area contributed by atoms with Crippen molar-refractivity contribution in [3.63, 3.8) is 0 Å². The van der Waals surface area contributed by atoms with Gasteiger partial charge < -0.3 is 14.2 Å². The average molecular weight is 377 g/mol. The molecule has 7 nitrogen and oxygen atoms in total. The number of hydrogen-bond donors (Lipinski definition) is 0. The van der Waals surface area contributed by atoms with Crippen molar-refractivity contribution in [1.29, 1.82) is 0 Å². The summed E-state index contributed by atoms with van der Waals surface area (Å²) < 4.78 is 15.6. The van der Waals surface area contributed by atoms with Gasteiger partial charge in [0.25, 0.3) is 0 Å². The lowest BCUT2D eigenvalue weighted by molar-refractivity contribution is -0.165. The van der Waals surface area contributed by atoms with Gasteiger partial charge >= 0.3 is 18.0 Å². The van der Waals surface area contributed by atoms with Crippen molar-refractivity contribution in [1.82, 2.24) is 4.90 Å². The molecule has 0 radical (unpaired) electrons. The minimum absolute atomic E-state index is 0.0597. The first-order valence-corrected chi connectivity index (χ1v) is 8.99. The highest BCUT2D eigenvalue weighted by atomic mass is 16.6. The van der Waals surface area contributed by atoms with Crippen LogP contribution in [0.25, 0.3) is 0 Å². The van der Waals surface area contributed by atoms with Crippen LogP contribution in [0.15, 0.2) is 30.3 Å². The zero-order chi connectivity index (χ0) is 20.0. The van der Waals surface area contributed by atoms with Gasteiger partial charge in [-0.1, -0.05) is 30.3 Å². The molecule has 0 N–H and O–H groups in total. The molecule has 1 fully saturated rings. The van der Waals surface area contributed by atoms with Crippen LogP contribution >= 0.6 is 0 Å². The fraction of sp³-hybridized carbons (Fsp3) is 0.550. The third-order valence-corrected chi connectivity index (χ3v) is 4.23. The smallest absolute Gasteiger partial charge is 0.410 e. The summed E-state index contributed by atoms with van der Waals surface area (Å²) in [4.78, 5) is 38.4. The fourth-order valence-electron chi connectivity index (χ4n) is 2.95. The molecule has 1 aromatic carbocycles. The van der Waals surface area contributed by atoms with Crippen LogP contribution in [0.4, 0.5) is 4.79 Å². The van der Waals surface area contributed by atoms with Crippen molar-refractivity contribution >= 4 is 18.0 Å². The third-order valence-electron chi connectivity index (χ3n) is 4.23. The highest BCUT2D eigenvalue weighted by Crippen LogP contribution is 2.26. The Morgan fingerprint density at radius 1 is 1.07 bits per heavy atom. The molecule has 1 aromatic rings. The zero-order valence-corrected chi connectivity index (χ0v) is 16.3. The van der Waals surface area contributed by atoms with E-state index >= 15 is 0 Å². The summed E-state index contributed by atoms with van der Waals surface area (Å²) >= 11 is 0. The number of piperidine rings is 1. The van der Waals surface area contributed by atoms with Crippen molar-refractivity contribution in [2.75, 3.05) is 13.7 Å². The van der Waals surface area contributed by atoms with E-state index in [2.05, 4.69) is 0 Å². The predicted octanol–water partition coefficient (Wildman–Crippen LogP) is 2.92. The second-order valence-electron chi connectivity index (χ2n) is 7.54. The highest BCUT2D eigenvalue weighted by molar-refractivity contribution is 5.83. The van der Waals surface area contributed by atoms with E-state index in [1.54, 1.807) is 20.8 Å². The summed E-state index contributed by atoms with van der Waals surface area (Å²) in [6.07, 6.45) is 0.108. The van der Waals surface area contributed by atoms with Crippen LogP contribution in [0, 0.1) is 5.92 Å². The second kappa shape index (κ2) is 8.88. The van der Waals surface area contributed by atoms with E-state index in [9.17, 15) is 14.4 Å². The minimum atomic E-state index is -0.784. The van der Waals surface area contributed by atoms with Gasteiger partial charge in [-0.2, -0.15) is 0 Å². The summed E-state index contributed by atoms with van der Waals surface area (Å²) in [5.74, 6) is -1.39. The Balaban J connectivity index is 2.11. The molecule has 1 saturated heterocycles. The van der Waals surface area contributed by atoms with Gasteiger partial charge in [-0.3, -0.25) is 9.69 Å². The maximum absolute atomic E-state index is 12.7. The maximum atomic E-state index is 12.7. The number of amides is 1. The number of methoxy groups -OCH3 is 1. The molecule has 0 bridgehead atoms. The van der Waals surface area contributed by atoms with E-state index in [4.69, 9.17) is 14.2 Å². The van der Waals surface area contributed by atoms with Crippen LogP contribution in [0.3, 0.4) is 0 Å². The molecule has 0 spiro atoms. The Kier molecular flexibility index (Phi) is 6.82. The van der Waals surface area contributed by atoms with Crippen LogP contribution < -0.4 is 0 Å². The lowest BCUT2D eigenvalue weighted by atomic mass is 9.93. The maximum Gasteiger partial charge on any atom is 0.410 e. The first kappa shape index (κ1) is 20.7. The molecule has 0 aromatic heterocycles. The number of ether oxygens (including phenoxy) is 3. The number of carbonyl (C=O) groups excluding carboxylic acids is 3. The molecule has 1 aliphatic rings. The summed E-state index contributed by atoms with van der Waals surface area (Å²) in [5.41, 5.74) is 0.164. The molecule has 148 valence electrons. The molecule has 2 atom stereocenters. The van der Waals surface area contributed by atoms with Gasteiger partial charge in [0.1, 0.15) is 18.2 Å². The lowest BCUT2D eigenvalue weighted by Gasteiger charge is -2.37. The number of esters is 2. The van der Waals surface area contributed by atoms with Gasteiger partial charge in [-0.25, -0.2) is 9.59 Å². The van der Waals surface area contributed by atoms with Gasteiger partial charge in [-0.15, -0.1) is 0 Å². The van der Waals surface area contributed by atoms with E-state index in [1.165, 1.54) is 12.0 Å². The van der Waals surface area contributed by atoms with Crippen LogP contribution in [-0.4, -0.2) is 48.2 Å². The summed E-state index contributed by atoms with van der Waals surface area (Å²) in [6.45, 7) is 5.44. The SMILES string of the molecule is COC(=O)[C@H]1CC[C@@H](C(=O)OC(C)(C)C)N(C(=O)OCc2ccccc2)C1. The second-order valence-corrected chi connectivity index (χ2v) is 7.54. The third kappa shape index (κ3) is 5.98. The minimum Gasteiger partial charge on any atom is -0.469 e. The van der Waals surface area contributed by atoms with E-state index in [-0.39, 0.29) is 13.2 Å². The van der Waals surface area contributed by atoms with Gasteiger partial charge in [0, 0.05) is 6.54 Å². The van der Waals surface area contributed by atoms with Gasteiger partial charge in [-0.05, 0) is 39.2 Å². The number of hydrogen-bond acceptors (Lipinski definition) is 6. The van der Waals surface area contributed by atoms with Crippen LogP contribution in [0.2, 0.25) is 0 Å².